The second-order valence-corrected chi connectivity index (χ2v) is 9.09. The van der Waals surface area contributed by atoms with E-state index < -0.39 is 15.8 Å². The monoisotopic (exact) mass is 421 g/mol. The van der Waals surface area contributed by atoms with E-state index in [9.17, 15) is 17.6 Å². The first kappa shape index (κ1) is 19.0. The van der Waals surface area contributed by atoms with Crippen molar-refractivity contribution in [2.75, 3.05) is 13.1 Å². The summed E-state index contributed by atoms with van der Waals surface area (Å²) in [4.78, 5) is 17.1. The second-order valence-electron chi connectivity index (χ2n) is 6.71. The predicted octanol–water partition coefficient (Wildman–Crippen LogP) is 3.21. The highest BCUT2D eigenvalue weighted by Crippen LogP contribution is 2.27. The molecule has 0 amide bonds. The fourth-order valence-corrected chi connectivity index (χ4v) is 5.28. The molecule has 4 rings (SSSR count). The Hall–Kier alpha value is -2.29. The number of aromatic nitrogens is 2. The van der Waals surface area contributed by atoms with Crippen LogP contribution in [0.1, 0.15) is 18.9 Å². The van der Waals surface area contributed by atoms with Gasteiger partial charge in [-0.2, -0.15) is 4.31 Å². The lowest BCUT2D eigenvalue weighted by atomic mass is 10.1. The van der Waals surface area contributed by atoms with Gasteiger partial charge in [-0.05, 0) is 43.2 Å². The van der Waals surface area contributed by atoms with E-state index in [1.165, 1.54) is 45.5 Å². The third kappa shape index (κ3) is 3.43. The Morgan fingerprint density at radius 1 is 1.11 bits per heavy atom. The second kappa shape index (κ2) is 7.27. The number of halogens is 2. The van der Waals surface area contributed by atoms with Gasteiger partial charge in [-0.25, -0.2) is 17.8 Å². The van der Waals surface area contributed by atoms with Gasteiger partial charge in [0.2, 0.25) is 10.0 Å². The van der Waals surface area contributed by atoms with Crippen LogP contribution in [0, 0.1) is 5.82 Å². The summed E-state index contributed by atoms with van der Waals surface area (Å²) in [6.07, 6.45) is 2.37. The standard InChI is InChI=1S/C19H17ClFN3O3S/c20-13-2-1-3-16(10-13)28(26,27)23-8-6-15(7-9-23)24-12-22-18-11-14(21)4-5-17(18)19(24)25/h1-5,10-12,15H,6-9H2. The molecule has 1 aromatic heterocycles. The predicted molar refractivity (Wildman–Crippen MR) is 104 cm³/mol. The molecule has 0 bridgehead atoms. The van der Waals surface area contributed by atoms with Crippen molar-refractivity contribution in [1.29, 1.82) is 0 Å². The Kier molecular flexibility index (Phi) is 4.95. The zero-order valence-corrected chi connectivity index (χ0v) is 16.3. The van der Waals surface area contributed by atoms with Gasteiger partial charge >= 0.3 is 0 Å². The molecule has 0 radical (unpaired) electrons. The normalized spacial score (nSPS) is 16.5. The third-order valence-corrected chi connectivity index (χ3v) is 7.13. The van der Waals surface area contributed by atoms with E-state index in [1.807, 2.05) is 0 Å². The molecule has 1 fully saturated rings. The molecule has 0 atom stereocenters. The van der Waals surface area contributed by atoms with Crippen molar-refractivity contribution in [2.45, 2.75) is 23.8 Å². The molecular formula is C19H17ClFN3O3S. The fourth-order valence-electron chi connectivity index (χ4n) is 3.51. The molecular weight excluding hydrogens is 405 g/mol. The third-order valence-electron chi connectivity index (χ3n) is 5.00. The van der Waals surface area contributed by atoms with Gasteiger partial charge in [-0.1, -0.05) is 17.7 Å². The molecule has 9 heteroatoms. The smallest absolute Gasteiger partial charge is 0.261 e. The van der Waals surface area contributed by atoms with Gasteiger partial charge in [0.25, 0.3) is 5.56 Å². The molecule has 1 saturated heterocycles. The first-order valence-electron chi connectivity index (χ1n) is 8.78. The van der Waals surface area contributed by atoms with Crippen molar-refractivity contribution in [3.8, 4) is 0 Å². The number of rotatable bonds is 3. The maximum atomic E-state index is 13.3. The molecule has 1 aliphatic heterocycles. The average Bonchev–Trinajstić information content (AvgIpc) is 2.68. The lowest BCUT2D eigenvalue weighted by Gasteiger charge is -2.32. The van der Waals surface area contributed by atoms with Gasteiger partial charge in [-0.3, -0.25) is 9.36 Å². The zero-order valence-electron chi connectivity index (χ0n) is 14.8. The van der Waals surface area contributed by atoms with Crippen molar-refractivity contribution in [3.05, 3.63) is 70.0 Å². The van der Waals surface area contributed by atoms with Crippen LogP contribution in [-0.4, -0.2) is 35.4 Å². The van der Waals surface area contributed by atoms with Gasteiger partial charge < -0.3 is 0 Å². The molecule has 0 saturated carbocycles. The Morgan fingerprint density at radius 3 is 2.57 bits per heavy atom. The van der Waals surface area contributed by atoms with Crippen molar-refractivity contribution < 1.29 is 12.8 Å². The highest BCUT2D eigenvalue weighted by atomic mass is 35.5. The summed E-state index contributed by atoms with van der Waals surface area (Å²) in [5, 5.41) is 0.707. The number of piperidine rings is 1. The van der Waals surface area contributed by atoms with Crippen LogP contribution in [0.25, 0.3) is 10.9 Å². The maximum absolute atomic E-state index is 13.3. The number of benzene rings is 2. The van der Waals surface area contributed by atoms with E-state index in [0.29, 0.717) is 28.8 Å². The molecule has 2 aromatic carbocycles. The van der Waals surface area contributed by atoms with E-state index >= 15 is 0 Å². The number of hydrogen-bond donors (Lipinski definition) is 0. The van der Waals surface area contributed by atoms with Gasteiger partial charge in [0.05, 0.1) is 22.1 Å². The van der Waals surface area contributed by atoms with E-state index in [0.717, 1.165) is 0 Å². The molecule has 1 aliphatic rings. The Bertz CT molecular complexity index is 1200. The lowest BCUT2D eigenvalue weighted by molar-refractivity contribution is 0.269. The molecule has 2 heterocycles. The van der Waals surface area contributed by atoms with Gasteiger partial charge in [0, 0.05) is 30.2 Å². The summed E-state index contributed by atoms with van der Waals surface area (Å²) in [7, 11) is -3.64. The molecule has 6 nitrogen and oxygen atoms in total. The van der Waals surface area contributed by atoms with Crippen molar-refractivity contribution in [1.82, 2.24) is 13.9 Å². The minimum Gasteiger partial charge on any atom is -0.296 e. The first-order valence-corrected chi connectivity index (χ1v) is 10.6. The molecule has 28 heavy (non-hydrogen) atoms. The molecule has 3 aromatic rings. The van der Waals surface area contributed by atoms with Crippen LogP contribution in [0.5, 0.6) is 0 Å². The number of fused-ring (bicyclic) bond motifs is 1. The lowest BCUT2D eigenvalue weighted by Crippen LogP contribution is -2.40. The van der Waals surface area contributed by atoms with Crippen molar-refractivity contribution in [3.63, 3.8) is 0 Å². The van der Waals surface area contributed by atoms with Crippen LogP contribution < -0.4 is 5.56 Å². The Balaban J connectivity index is 1.56. The van der Waals surface area contributed by atoms with Crippen LogP contribution in [-0.2, 0) is 10.0 Å². The van der Waals surface area contributed by atoms with Crippen molar-refractivity contribution >= 4 is 32.5 Å². The Morgan fingerprint density at radius 2 is 1.86 bits per heavy atom. The van der Waals surface area contributed by atoms with Gasteiger partial charge in [0.15, 0.2) is 0 Å². The number of sulfonamides is 1. The number of nitrogens with zero attached hydrogens (tertiary/aromatic N) is 3. The van der Waals surface area contributed by atoms with E-state index in [-0.39, 0.29) is 29.6 Å². The average molecular weight is 422 g/mol. The highest BCUT2D eigenvalue weighted by Gasteiger charge is 2.30. The van der Waals surface area contributed by atoms with Crippen LogP contribution >= 0.6 is 11.6 Å². The quantitative estimate of drug-likeness (QED) is 0.651. The van der Waals surface area contributed by atoms with Gasteiger partial charge in [0.1, 0.15) is 5.82 Å². The summed E-state index contributed by atoms with van der Waals surface area (Å²) in [5.74, 6) is -0.448. The fraction of sp³-hybridized carbons (Fsp3) is 0.263. The topological polar surface area (TPSA) is 72.3 Å². The Labute approximate surface area is 166 Å². The zero-order chi connectivity index (χ0) is 19.9. The number of hydrogen-bond acceptors (Lipinski definition) is 4. The van der Waals surface area contributed by atoms with Crippen LogP contribution in [0.2, 0.25) is 5.02 Å². The summed E-state index contributed by atoms with van der Waals surface area (Å²) < 4.78 is 41.9. The minimum absolute atomic E-state index is 0.157. The van der Waals surface area contributed by atoms with Crippen molar-refractivity contribution in [2.24, 2.45) is 0 Å². The van der Waals surface area contributed by atoms with Crippen LogP contribution in [0.15, 0.2) is 58.5 Å². The summed E-state index contributed by atoms with van der Waals surface area (Å²) >= 11 is 5.92. The molecule has 146 valence electrons. The van der Waals surface area contributed by atoms with Crippen LogP contribution in [0.4, 0.5) is 4.39 Å². The molecule has 0 spiro atoms. The van der Waals surface area contributed by atoms with E-state index in [2.05, 4.69) is 4.98 Å². The molecule has 0 aliphatic carbocycles. The summed E-state index contributed by atoms with van der Waals surface area (Å²) in [6, 6.07) is 9.89. The molecule has 0 unspecified atom stereocenters. The SMILES string of the molecule is O=c1c2ccc(F)cc2ncn1C1CCN(S(=O)(=O)c2cccc(Cl)c2)CC1. The largest absolute Gasteiger partial charge is 0.296 e. The molecule has 0 N–H and O–H groups in total. The van der Waals surface area contributed by atoms with Gasteiger partial charge in [-0.15, -0.1) is 0 Å². The summed E-state index contributed by atoms with van der Waals surface area (Å²) in [5.41, 5.74) is 0.0587. The first-order chi connectivity index (χ1) is 13.4. The highest BCUT2D eigenvalue weighted by molar-refractivity contribution is 7.89. The minimum atomic E-state index is -3.64. The maximum Gasteiger partial charge on any atom is 0.261 e. The van der Waals surface area contributed by atoms with E-state index in [1.54, 1.807) is 12.1 Å². The summed E-state index contributed by atoms with van der Waals surface area (Å²) in [6.45, 7) is 0.570. The van der Waals surface area contributed by atoms with E-state index in [4.69, 9.17) is 11.6 Å². The van der Waals surface area contributed by atoms with Crippen LogP contribution in [0.3, 0.4) is 0 Å².